The van der Waals surface area contributed by atoms with Crippen LogP contribution in [0.4, 0.5) is 11.4 Å². The van der Waals surface area contributed by atoms with Crippen LogP contribution in [0.1, 0.15) is 34.5 Å². The molecule has 2 aromatic heterocycles. The molecular formula is C18H16N4O5. The number of benzene rings is 1. The molecule has 138 valence electrons. The van der Waals surface area contributed by atoms with E-state index in [2.05, 4.69) is 10.0 Å². The third-order valence-electron chi connectivity index (χ3n) is 4.07. The second kappa shape index (κ2) is 7.27. The number of nitro groups is 1. The van der Waals surface area contributed by atoms with Gasteiger partial charge in [0.2, 0.25) is 0 Å². The minimum absolute atomic E-state index is 0.0913. The molecule has 9 nitrogen and oxygen atoms in total. The van der Waals surface area contributed by atoms with E-state index in [0.717, 1.165) is 0 Å². The predicted octanol–water partition coefficient (Wildman–Crippen LogP) is 5.53. The van der Waals surface area contributed by atoms with Gasteiger partial charge in [-0.15, -0.1) is 0 Å². The topological polar surface area (TPSA) is 127 Å². The Balaban J connectivity index is 2.35. The summed E-state index contributed by atoms with van der Waals surface area (Å²) in [5, 5.41) is 15.1. The van der Waals surface area contributed by atoms with E-state index in [-0.39, 0.29) is 17.1 Å². The quantitative estimate of drug-likeness (QED) is 0.186. The second-order valence-electron chi connectivity index (χ2n) is 5.86. The Labute approximate surface area is 153 Å². The molecule has 3 rings (SSSR count). The molecule has 0 spiro atoms. The molecule has 0 radical (unpaired) electrons. The molecule has 0 aliphatic carbocycles. The highest BCUT2D eigenvalue weighted by Gasteiger charge is 2.29. The van der Waals surface area contributed by atoms with Gasteiger partial charge in [0.1, 0.15) is 34.7 Å². The zero-order valence-electron chi connectivity index (χ0n) is 14.9. The molecule has 0 aliphatic rings. The summed E-state index contributed by atoms with van der Waals surface area (Å²) >= 11 is 0. The van der Waals surface area contributed by atoms with Gasteiger partial charge in [-0.25, -0.2) is 0 Å². The van der Waals surface area contributed by atoms with Gasteiger partial charge in [0.05, 0.1) is 23.8 Å². The van der Waals surface area contributed by atoms with Crippen molar-refractivity contribution in [3.63, 3.8) is 0 Å². The van der Waals surface area contributed by atoms with Crippen LogP contribution < -0.4 is 4.74 Å². The van der Waals surface area contributed by atoms with Crippen molar-refractivity contribution in [2.24, 2.45) is 5.11 Å². The first kappa shape index (κ1) is 18.1. The monoisotopic (exact) mass is 368 g/mol. The number of nitro benzene ring substituents is 1. The van der Waals surface area contributed by atoms with Crippen LogP contribution in [0, 0.1) is 24.0 Å². The summed E-state index contributed by atoms with van der Waals surface area (Å²) in [5.41, 5.74) is 9.28. The Morgan fingerprint density at radius 2 is 1.74 bits per heavy atom. The van der Waals surface area contributed by atoms with Gasteiger partial charge >= 0.3 is 0 Å². The number of hydrogen-bond donors (Lipinski definition) is 0. The fourth-order valence-corrected chi connectivity index (χ4v) is 2.91. The lowest BCUT2D eigenvalue weighted by Gasteiger charge is -2.17. The van der Waals surface area contributed by atoms with E-state index in [9.17, 15) is 10.1 Å². The molecule has 0 saturated carbocycles. The smallest absolute Gasteiger partial charge is 0.273 e. The summed E-state index contributed by atoms with van der Waals surface area (Å²) in [6.07, 6.45) is 0. The van der Waals surface area contributed by atoms with Crippen LogP contribution in [0.25, 0.3) is 10.4 Å². The number of aryl methyl sites for hydroxylation is 2. The Hall–Kier alpha value is -3.71. The minimum Gasteiger partial charge on any atom is -0.496 e. The molecule has 0 unspecified atom stereocenters. The molecule has 0 amide bonds. The van der Waals surface area contributed by atoms with Crippen molar-refractivity contribution in [2.75, 3.05) is 7.11 Å². The highest BCUT2D eigenvalue weighted by atomic mass is 16.6. The first-order valence-electron chi connectivity index (χ1n) is 7.98. The van der Waals surface area contributed by atoms with Gasteiger partial charge in [-0.3, -0.25) is 10.1 Å². The van der Waals surface area contributed by atoms with Crippen LogP contribution in [0.15, 0.2) is 50.3 Å². The zero-order valence-corrected chi connectivity index (χ0v) is 14.9. The van der Waals surface area contributed by atoms with Gasteiger partial charge in [-0.05, 0) is 49.2 Å². The normalized spacial score (nSPS) is 10.7. The lowest BCUT2D eigenvalue weighted by atomic mass is 9.91. The fourth-order valence-electron chi connectivity index (χ4n) is 2.91. The summed E-state index contributed by atoms with van der Waals surface area (Å²) in [6.45, 7) is 3.58. The average molecular weight is 368 g/mol. The van der Waals surface area contributed by atoms with E-state index in [1.54, 1.807) is 38.1 Å². The average Bonchev–Trinajstić information content (AvgIpc) is 3.25. The standard InChI is InChI=1S/C18H16N4O5/c1-10-4-6-14(26-10)17(15-7-5-11(2)27-15)13-8-12(22(23)24)9-16(25-3)18(13)20-21-19/h4-9,17H,1-3H3. The van der Waals surface area contributed by atoms with Gasteiger partial charge in [0, 0.05) is 11.0 Å². The van der Waals surface area contributed by atoms with Crippen molar-refractivity contribution in [2.45, 2.75) is 19.8 Å². The van der Waals surface area contributed by atoms with E-state index in [1.165, 1.54) is 19.2 Å². The summed E-state index contributed by atoms with van der Waals surface area (Å²) < 4.78 is 16.8. The highest BCUT2D eigenvalue weighted by molar-refractivity contribution is 5.66. The maximum absolute atomic E-state index is 11.4. The first-order chi connectivity index (χ1) is 12.9. The van der Waals surface area contributed by atoms with Crippen molar-refractivity contribution in [1.29, 1.82) is 0 Å². The van der Waals surface area contributed by atoms with Crippen LogP contribution >= 0.6 is 0 Å². The SMILES string of the molecule is COc1cc([N+](=O)[O-])cc(C(c2ccc(C)o2)c2ccc(C)o2)c1N=[N+]=[N-]. The maximum atomic E-state index is 11.4. The van der Waals surface area contributed by atoms with E-state index in [1.807, 2.05) is 0 Å². The van der Waals surface area contributed by atoms with Crippen molar-refractivity contribution in [3.05, 3.63) is 85.6 Å². The van der Waals surface area contributed by atoms with E-state index in [0.29, 0.717) is 28.6 Å². The fraction of sp³-hybridized carbons (Fsp3) is 0.222. The summed E-state index contributed by atoms with van der Waals surface area (Å²) in [7, 11) is 1.35. The molecule has 0 atom stereocenters. The Bertz CT molecular complexity index is 1010. The highest BCUT2D eigenvalue weighted by Crippen LogP contribution is 2.45. The van der Waals surface area contributed by atoms with E-state index >= 15 is 0 Å². The minimum atomic E-state index is -0.651. The third-order valence-corrected chi connectivity index (χ3v) is 4.07. The van der Waals surface area contributed by atoms with E-state index < -0.39 is 10.8 Å². The van der Waals surface area contributed by atoms with Gasteiger partial charge in [-0.2, -0.15) is 0 Å². The molecule has 0 fully saturated rings. The Morgan fingerprint density at radius 3 is 2.15 bits per heavy atom. The summed E-state index contributed by atoms with van der Waals surface area (Å²) in [4.78, 5) is 13.7. The molecule has 1 aromatic carbocycles. The van der Waals surface area contributed by atoms with Gasteiger partial charge in [0.15, 0.2) is 0 Å². The Morgan fingerprint density at radius 1 is 1.15 bits per heavy atom. The molecule has 27 heavy (non-hydrogen) atoms. The van der Waals surface area contributed by atoms with Crippen LogP contribution in [0.2, 0.25) is 0 Å². The largest absolute Gasteiger partial charge is 0.496 e. The number of methoxy groups -OCH3 is 1. The number of rotatable bonds is 6. The van der Waals surface area contributed by atoms with Crippen molar-refractivity contribution in [3.8, 4) is 5.75 Å². The second-order valence-corrected chi connectivity index (χ2v) is 5.86. The van der Waals surface area contributed by atoms with Crippen LogP contribution in [0.3, 0.4) is 0 Å². The van der Waals surface area contributed by atoms with Crippen molar-refractivity contribution >= 4 is 11.4 Å². The first-order valence-corrected chi connectivity index (χ1v) is 7.98. The van der Waals surface area contributed by atoms with Crippen LogP contribution in [-0.2, 0) is 0 Å². The molecule has 2 heterocycles. The summed E-state index contributed by atoms with van der Waals surface area (Å²) in [6, 6.07) is 9.62. The third kappa shape index (κ3) is 3.49. The molecule has 0 aliphatic heterocycles. The lowest BCUT2D eigenvalue weighted by Crippen LogP contribution is -2.04. The number of non-ortho nitro benzene ring substituents is 1. The molecule has 0 bridgehead atoms. The zero-order chi connectivity index (χ0) is 19.6. The van der Waals surface area contributed by atoms with Crippen LogP contribution in [-0.4, -0.2) is 12.0 Å². The van der Waals surface area contributed by atoms with Gasteiger partial charge in [0.25, 0.3) is 5.69 Å². The Kier molecular flexibility index (Phi) is 4.87. The molecular weight excluding hydrogens is 352 g/mol. The molecule has 3 aromatic rings. The van der Waals surface area contributed by atoms with Crippen molar-refractivity contribution in [1.82, 2.24) is 0 Å². The number of hydrogen-bond acceptors (Lipinski definition) is 6. The number of nitrogens with zero attached hydrogens (tertiary/aromatic N) is 4. The molecule has 0 N–H and O–H groups in total. The predicted molar refractivity (Wildman–Crippen MR) is 96.3 cm³/mol. The van der Waals surface area contributed by atoms with Crippen LogP contribution in [0.5, 0.6) is 5.75 Å². The van der Waals surface area contributed by atoms with Gasteiger partial charge in [-0.1, -0.05) is 5.11 Å². The lowest BCUT2D eigenvalue weighted by molar-refractivity contribution is -0.385. The number of azide groups is 1. The molecule has 0 saturated heterocycles. The summed E-state index contributed by atoms with van der Waals surface area (Å²) in [5.74, 6) is 1.77. The van der Waals surface area contributed by atoms with Gasteiger partial charge < -0.3 is 13.6 Å². The van der Waals surface area contributed by atoms with E-state index in [4.69, 9.17) is 19.1 Å². The number of ether oxygens (including phenoxy) is 1. The number of furan rings is 2. The molecule has 9 heteroatoms. The van der Waals surface area contributed by atoms with Crippen molar-refractivity contribution < 1.29 is 18.5 Å². The maximum Gasteiger partial charge on any atom is 0.273 e.